The standard InChI is InChI=1S/C22H32N6O.HI/c1-17-14-18(2)28(26-17)13-5-11-24-22(23-3)25-15-19-7-9-20(10-8-19)16-27-12-4-6-21(27)29;/h7-10,14H,4-6,11-13,15-16H2,1-3H3,(H2,23,24,25);1H. The van der Waals surface area contributed by atoms with Gasteiger partial charge in [0.25, 0.3) is 0 Å². The summed E-state index contributed by atoms with van der Waals surface area (Å²) >= 11 is 0. The van der Waals surface area contributed by atoms with Crippen LogP contribution in [0.2, 0.25) is 0 Å². The number of likely N-dealkylation sites (tertiary alicyclic amines) is 1. The molecule has 1 aliphatic heterocycles. The molecule has 1 aromatic heterocycles. The van der Waals surface area contributed by atoms with Gasteiger partial charge in [-0.05, 0) is 43.9 Å². The highest BCUT2D eigenvalue weighted by molar-refractivity contribution is 14.0. The molecule has 0 bridgehead atoms. The Balaban J connectivity index is 0.00000320. The Hall–Kier alpha value is -2.10. The number of aromatic nitrogens is 2. The smallest absolute Gasteiger partial charge is 0.222 e. The molecule has 1 amide bonds. The number of aryl methyl sites for hydroxylation is 3. The van der Waals surface area contributed by atoms with Crippen LogP contribution in [-0.2, 0) is 24.4 Å². The molecule has 0 radical (unpaired) electrons. The van der Waals surface area contributed by atoms with E-state index in [1.807, 2.05) is 16.5 Å². The lowest BCUT2D eigenvalue weighted by Crippen LogP contribution is -2.37. The average Bonchev–Trinajstić information content (AvgIpc) is 3.26. The number of carbonyl (C=O) groups excluding carboxylic acids is 1. The van der Waals surface area contributed by atoms with Crippen molar-refractivity contribution in [2.24, 2.45) is 4.99 Å². The highest BCUT2D eigenvalue weighted by Crippen LogP contribution is 2.14. The third-order valence-corrected chi connectivity index (χ3v) is 5.19. The number of benzene rings is 1. The van der Waals surface area contributed by atoms with Crippen LogP contribution < -0.4 is 10.6 Å². The number of carbonyl (C=O) groups is 1. The third kappa shape index (κ3) is 7.00. The predicted octanol–water partition coefficient (Wildman–Crippen LogP) is 3.00. The predicted molar refractivity (Wildman–Crippen MR) is 131 cm³/mol. The number of nitrogens with zero attached hydrogens (tertiary/aromatic N) is 4. The zero-order valence-corrected chi connectivity index (χ0v) is 20.5. The van der Waals surface area contributed by atoms with Gasteiger partial charge in [0.2, 0.25) is 5.91 Å². The van der Waals surface area contributed by atoms with Crippen LogP contribution in [0.15, 0.2) is 35.3 Å². The molecule has 30 heavy (non-hydrogen) atoms. The Morgan fingerprint density at radius 2 is 1.90 bits per heavy atom. The van der Waals surface area contributed by atoms with Crippen molar-refractivity contribution in [1.82, 2.24) is 25.3 Å². The second kappa shape index (κ2) is 11.9. The molecule has 3 rings (SSSR count). The Bertz CT molecular complexity index is 846. The van der Waals surface area contributed by atoms with Crippen LogP contribution in [0, 0.1) is 13.8 Å². The Kier molecular flexibility index (Phi) is 9.61. The summed E-state index contributed by atoms with van der Waals surface area (Å²) in [5.41, 5.74) is 4.62. The van der Waals surface area contributed by atoms with E-state index in [0.29, 0.717) is 19.5 Å². The Morgan fingerprint density at radius 1 is 1.17 bits per heavy atom. The molecule has 1 saturated heterocycles. The largest absolute Gasteiger partial charge is 0.356 e. The molecule has 164 valence electrons. The fourth-order valence-corrected chi connectivity index (χ4v) is 3.60. The highest BCUT2D eigenvalue weighted by atomic mass is 127. The van der Waals surface area contributed by atoms with Gasteiger partial charge in [-0.2, -0.15) is 5.10 Å². The topological polar surface area (TPSA) is 74.6 Å². The normalized spacial score (nSPS) is 14.0. The first-order valence-electron chi connectivity index (χ1n) is 10.4. The van der Waals surface area contributed by atoms with Crippen molar-refractivity contribution in [3.05, 3.63) is 52.8 Å². The number of halogens is 1. The lowest BCUT2D eigenvalue weighted by molar-refractivity contribution is -0.128. The number of guanidine groups is 1. The second-order valence-corrected chi connectivity index (χ2v) is 7.59. The summed E-state index contributed by atoms with van der Waals surface area (Å²) in [5.74, 6) is 1.06. The minimum Gasteiger partial charge on any atom is -0.356 e. The van der Waals surface area contributed by atoms with Gasteiger partial charge < -0.3 is 15.5 Å². The maximum absolute atomic E-state index is 11.8. The monoisotopic (exact) mass is 524 g/mol. The number of hydrogen-bond donors (Lipinski definition) is 2. The highest BCUT2D eigenvalue weighted by Gasteiger charge is 2.19. The summed E-state index contributed by atoms with van der Waals surface area (Å²) in [6.07, 6.45) is 2.65. The molecular formula is C22H33IN6O. The molecular weight excluding hydrogens is 491 g/mol. The molecule has 7 nitrogen and oxygen atoms in total. The fourth-order valence-electron chi connectivity index (χ4n) is 3.60. The molecule has 2 heterocycles. The first-order valence-corrected chi connectivity index (χ1v) is 10.4. The van der Waals surface area contributed by atoms with Crippen LogP contribution in [0.4, 0.5) is 0 Å². The number of nitrogens with one attached hydrogen (secondary N) is 2. The minimum absolute atomic E-state index is 0. The van der Waals surface area contributed by atoms with Gasteiger partial charge in [-0.25, -0.2) is 0 Å². The number of hydrogen-bond acceptors (Lipinski definition) is 3. The van der Waals surface area contributed by atoms with Crippen molar-refractivity contribution < 1.29 is 4.79 Å². The summed E-state index contributed by atoms with van der Waals surface area (Å²) in [7, 11) is 1.78. The van der Waals surface area contributed by atoms with Crippen LogP contribution in [0.5, 0.6) is 0 Å². The van der Waals surface area contributed by atoms with E-state index in [4.69, 9.17) is 0 Å². The van der Waals surface area contributed by atoms with Crippen molar-refractivity contribution >= 4 is 35.8 Å². The maximum atomic E-state index is 11.8. The van der Waals surface area contributed by atoms with E-state index >= 15 is 0 Å². The molecule has 0 spiro atoms. The summed E-state index contributed by atoms with van der Waals surface area (Å²) in [4.78, 5) is 18.0. The van der Waals surface area contributed by atoms with Gasteiger partial charge in [-0.1, -0.05) is 24.3 Å². The zero-order chi connectivity index (χ0) is 20.6. The van der Waals surface area contributed by atoms with E-state index in [-0.39, 0.29) is 29.9 Å². The summed E-state index contributed by atoms with van der Waals surface area (Å²) in [6.45, 7) is 8.13. The van der Waals surface area contributed by atoms with Crippen molar-refractivity contribution in [2.75, 3.05) is 20.1 Å². The van der Waals surface area contributed by atoms with Crippen molar-refractivity contribution in [2.45, 2.75) is 52.7 Å². The molecule has 1 fully saturated rings. The van der Waals surface area contributed by atoms with Gasteiger partial charge in [-0.15, -0.1) is 24.0 Å². The van der Waals surface area contributed by atoms with Crippen LogP contribution >= 0.6 is 24.0 Å². The summed E-state index contributed by atoms with van der Waals surface area (Å²) in [6, 6.07) is 10.5. The van der Waals surface area contributed by atoms with E-state index in [2.05, 4.69) is 58.0 Å². The molecule has 0 unspecified atom stereocenters. The first-order chi connectivity index (χ1) is 14.0. The Labute approximate surface area is 196 Å². The van der Waals surface area contributed by atoms with E-state index in [1.54, 1.807) is 7.05 Å². The fraction of sp³-hybridized carbons (Fsp3) is 0.500. The zero-order valence-electron chi connectivity index (χ0n) is 18.1. The molecule has 1 aromatic carbocycles. The summed E-state index contributed by atoms with van der Waals surface area (Å²) in [5, 5.41) is 11.2. The molecule has 0 aliphatic carbocycles. The van der Waals surface area contributed by atoms with E-state index in [9.17, 15) is 4.79 Å². The van der Waals surface area contributed by atoms with Gasteiger partial charge in [0.1, 0.15) is 0 Å². The van der Waals surface area contributed by atoms with Gasteiger partial charge in [0, 0.05) is 51.9 Å². The molecule has 0 atom stereocenters. The minimum atomic E-state index is 0. The number of amides is 1. The molecule has 0 saturated carbocycles. The van der Waals surface area contributed by atoms with Gasteiger partial charge in [0.05, 0.1) is 5.69 Å². The van der Waals surface area contributed by atoms with E-state index in [0.717, 1.165) is 44.1 Å². The van der Waals surface area contributed by atoms with E-state index in [1.165, 1.54) is 16.8 Å². The molecule has 1 aliphatic rings. The van der Waals surface area contributed by atoms with Crippen molar-refractivity contribution in [1.29, 1.82) is 0 Å². The van der Waals surface area contributed by atoms with Crippen LogP contribution in [0.25, 0.3) is 0 Å². The van der Waals surface area contributed by atoms with Gasteiger partial charge in [0.15, 0.2) is 5.96 Å². The SMILES string of the molecule is CN=C(NCCCn1nc(C)cc1C)NCc1ccc(CN2CCCC2=O)cc1.I. The van der Waals surface area contributed by atoms with E-state index < -0.39 is 0 Å². The lowest BCUT2D eigenvalue weighted by Gasteiger charge is -2.16. The molecule has 8 heteroatoms. The quantitative estimate of drug-likeness (QED) is 0.241. The van der Waals surface area contributed by atoms with Crippen LogP contribution in [-0.4, -0.2) is 46.7 Å². The lowest BCUT2D eigenvalue weighted by atomic mass is 10.1. The van der Waals surface area contributed by atoms with Crippen molar-refractivity contribution in [3.63, 3.8) is 0 Å². The van der Waals surface area contributed by atoms with Gasteiger partial charge in [-0.3, -0.25) is 14.5 Å². The van der Waals surface area contributed by atoms with Gasteiger partial charge >= 0.3 is 0 Å². The summed E-state index contributed by atoms with van der Waals surface area (Å²) < 4.78 is 2.05. The molecule has 2 N–H and O–H groups in total. The van der Waals surface area contributed by atoms with Crippen LogP contribution in [0.3, 0.4) is 0 Å². The maximum Gasteiger partial charge on any atom is 0.222 e. The average molecular weight is 524 g/mol. The second-order valence-electron chi connectivity index (χ2n) is 7.59. The Morgan fingerprint density at radius 3 is 2.50 bits per heavy atom. The molecule has 2 aromatic rings. The first kappa shape index (κ1) is 24.2. The number of rotatable bonds is 8. The number of aliphatic imine (C=N–C) groups is 1. The third-order valence-electron chi connectivity index (χ3n) is 5.19. The van der Waals surface area contributed by atoms with Crippen molar-refractivity contribution in [3.8, 4) is 0 Å². The van der Waals surface area contributed by atoms with Crippen LogP contribution in [0.1, 0.15) is 41.8 Å².